The van der Waals surface area contributed by atoms with Crippen molar-refractivity contribution >= 4 is 0 Å². The van der Waals surface area contributed by atoms with E-state index in [0.29, 0.717) is 5.41 Å². The van der Waals surface area contributed by atoms with Gasteiger partial charge < -0.3 is 5.73 Å². The molecule has 2 N–H and O–H groups in total. The predicted octanol–water partition coefficient (Wildman–Crippen LogP) is 3.04. The van der Waals surface area contributed by atoms with E-state index in [1.165, 1.54) is 44.2 Å². The van der Waals surface area contributed by atoms with E-state index >= 15 is 0 Å². The lowest BCUT2D eigenvalue weighted by atomic mass is 9.48. The third-order valence-corrected chi connectivity index (χ3v) is 6.35. The highest BCUT2D eigenvalue weighted by Gasteiger charge is 2.53. The van der Waals surface area contributed by atoms with Crippen LogP contribution in [0.2, 0.25) is 0 Å². The molecule has 0 amide bonds. The summed E-state index contributed by atoms with van der Waals surface area (Å²) in [6, 6.07) is 2.45. The van der Waals surface area contributed by atoms with Crippen LogP contribution in [-0.2, 0) is 6.54 Å². The fourth-order valence-electron chi connectivity index (χ4n) is 5.87. The number of nitrogens with two attached hydrogens (primary N) is 1. The number of aromatic nitrogens is 2. The Hall–Kier alpha value is -0.830. The fourth-order valence-corrected chi connectivity index (χ4v) is 5.87. The van der Waals surface area contributed by atoms with Gasteiger partial charge in [0.15, 0.2) is 0 Å². The molecular formula is C17H27N3. The highest BCUT2D eigenvalue weighted by molar-refractivity contribution is 5.09. The lowest BCUT2D eigenvalue weighted by Crippen LogP contribution is -2.55. The molecule has 0 radical (unpaired) electrons. The van der Waals surface area contributed by atoms with Crippen molar-refractivity contribution in [1.29, 1.82) is 0 Å². The minimum Gasteiger partial charge on any atom is -0.326 e. The Bertz CT molecular complexity index is 481. The van der Waals surface area contributed by atoms with E-state index in [9.17, 15) is 0 Å². The van der Waals surface area contributed by atoms with E-state index in [1.807, 2.05) is 0 Å². The first kappa shape index (κ1) is 12.9. The first-order valence-corrected chi connectivity index (χ1v) is 8.31. The summed E-state index contributed by atoms with van der Waals surface area (Å²) in [5.41, 5.74) is 9.52. The van der Waals surface area contributed by atoms with E-state index in [4.69, 9.17) is 5.73 Å². The van der Waals surface area contributed by atoms with Crippen molar-refractivity contribution in [2.75, 3.05) is 0 Å². The quantitative estimate of drug-likeness (QED) is 0.920. The highest BCUT2D eigenvalue weighted by Crippen LogP contribution is 2.61. The van der Waals surface area contributed by atoms with Crippen molar-refractivity contribution in [2.24, 2.45) is 28.9 Å². The number of aryl methyl sites for hydroxylation is 2. The number of hydrogen-bond acceptors (Lipinski definition) is 2. The van der Waals surface area contributed by atoms with Crippen LogP contribution in [0, 0.1) is 37.0 Å². The third-order valence-electron chi connectivity index (χ3n) is 6.35. The van der Waals surface area contributed by atoms with Gasteiger partial charge in [0, 0.05) is 11.7 Å². The van der Waals surface area contributed by atoms with E-state index in [-0.39, 0.29) is 6.04 Å². The Labute approximate surface area is 121 Å². The zero-order valence-electron chi connectivity index (χ0n) is 12.8. The van der Waals surface area contributed by atoms with Crippen LogP contribution in [-0.4, -0.2) is 15.8 Å². The van der Waals surface area contributed by atoms with Gasteiger partial charge in [0.25, 0.3) is 0 Å². The van der Waals surface area contributed by atoms with Gasteiger partial charge in [0.05, 0.1) is 12.2 Å². The number of rotatable bonds is 3. The van der Waals surface area contributed by atoms with Crippen molar-refractivity contribution in [3.05, 3.63) is 17.5 Å². The van der Waals surface area contributed by atoms with Crippen LogP contribution in [0.4, 0.5) is 0 Å². The van der Waals surface area contributed by atoms with Gasteiger partial charge in [0.2, 0.25) is 0 Å². The van der Waals surface area contributed by atoms with Crippen LogP contribution in [0.15, 0.2) is 6.07 Å². The van der Waals surface area contributed by atoms with Gasteiger partial charge in [-0.2, -0.15) is 5.10 Å². The zero-order valence-corrected chi connectivity index (χ0v) is 12.8. The van der Waals surface area contributed by atoms with Crippen molar-refractivity contribution in [3.63, 3.8) is 0 Å². The summed E-state index contributed by atoms with van der Waals surface area (Å²) >= 11 is 0. The minimum absolute atomic E-state index is 0.286. The Morgan fingerprint density at radius 2 is 1.75 bits per heavy atom. The van der Waals surface area contributed by atoms with E-state index < -0.39 is 0 Å². The highest BCUT2D eigenvalue weighted by atomic mass is 15.3. The summed E-state index contributed by atoms with van der Waals surface area (Å²) in [7, 11) is 0. The first-order valence-electron chi connectivity index (χ1n) is 8.31. The summed E-state index contributed by atoms with van der Waals surface area (Å²) in [4.78, 5) is 0. The van der Waals surface area contributed by atoms with Crippen LogP contribution in [0.3, 0.4) is 0 Å². The minimum atomic E-state index is 0.286. The summed E-state index contributed by atoms with van der Waals surface area (Å²) in [5.74, 6) is 2.94. The molecule has 0 aliphatic heterocycles. The lowest BCUT2D eigenvalue weighted by Gasteiger charge is -2.59. The number of nitrogens with zero attached hydrogens (tertiary/aromatic N) is 2. The van der Waals surface area contributed by atoms with Gasteiger partial charge >= 0.3 is 0 Å². The molecule has 4 fully saturated rings. The Morgan fingerprint density at radius 1 is 1.20 bits per heavy atom. The second-order valence-electron chi connectivity index (χ2n) is 8.00. The van der Waals surface area contributed by atoms with E-state index in [1.54, 1.807) is 0 Å². The van der Waals surface area contributed by atoms with Gasteiger partial charge in [-0.1, -0.05) is 0 Å². The van der Waals surface area contributed by atoms with Crippen molar-refractivity contribution in [3.8, 4) is 0 Å². The lowest BCUT2D eigenvalue weighted by molar-refractivity contribution is -0.0700. The van der Waals surface area contributed by atoms with Crippen LogP contribution in [0.1, 0.15) is 49.9 Å². The van der Waals surface area contributed by atoms with Crippen LogP contribution in [0.25, 0.3) is 0 Å². The molecule has 1 aromatic rings. The van der Waals surface area contributed by atoms with Crippen LogP contribution in [0.5, 0.6) is 0 Å². The third kappa shape index (κ3) is 1.93. The molecule has 1 heterocycles. The first-order chi connectivity index (χ1) is 9.54. The van der Waals surface area contributed by atoms with Gasteiger partial charge in [-0.3, -0.25) is 4.68 Å². The molecule has 4 aliphatic carbocycles. The molecular weight excluding hydrogens is 246 g/mol. The molecule has 3 heteroatoms. The number of hydrogen-bond donors (Lipinski definition) is 1. The summed E-state index contributed by atoms with van der Waals surface area (Å²) in [5, 5.41) is 4.61. The molecule has 5 rings (SSSR count). The van der Waals surface area contributed by atoms with Gasteiger partial charge in [-0.05, 0) is 81.6 Å². The van der Waals surface area contributed by atoms with E-state index in [2.05, 4.69) is 29.7 Å². The normalized spacial score (nSPS) is 40.2. The van der Waals surface area contributed by atoms with Crippen molar-refractivity contribution < 1.29 is 0 Å². The molecule has 1 aromatic heterocycles. The van der Waals surface area contributed by atoms with Gasteiger partial charge in [-0.25, -0.2) is 0 Å². The topological polar surface area (TPSA) is 43.8 Å². The molecule has 0 spiro atoms. The Kier molecular flexibility index (Phi) is 2.79. The molecule has 4 saturated carbocycles. The smallest absolute Gasteiger partial charge is 0.0596 e. The predicted molar refractivity (Wildman–Crippen MR) is 80.3 cm³/mol. The maximum atomic E-state index is 6.72. The van der Waals surface area contributed by atoms with Crippen LogP contribution >= 0.6 is 0 Å². The monoisotopic (exact) mass is 273 g/mol. The summed E-state index contributed by atoms with van der Waals surface area (Å²) in [6.45, 7) is 5.12. The Balaban J connectivity index is 1.56. The average Bonchev–Trinajstić information content (AvgIpc) is 2.66. The zero-order chi connectivity index (χ0) is 13.9. The molecule has 110 valence electrons. The largest absolute Gasteiger partial charge is 0.326 e. The van der Waals surface area contributed by atoms with Gasteiger partial charge in [-0.15, -0.1) is 0 Å². The van der Waals surface area contributed by atoms with E-state index in [0.717, 1.165) is 30.0 Å². The maximum absolute atomic E-state index is 6.72. The summed E-state index contributed by atoms with van der Waals surface area (Å²) in [6.07, 6.45) is 8.64. The van der Waals surface area contributed by atoms with Gasteiger partial charge in [0.1, 0.15) is 0 Å². The standard InChI is InChI=1S/C17H27N3/c1-11-3-12(2)20(19-11)10-16(18)17-7-13-4-14(8-17)6-15(5-13)9-17/h3,13-16H,4-10,18H2,1-2H3. The molecule has 20 heavy (non-hydrogen) atoms. The molecule has 1 unspecified atom stereocenters. The average molecular weight is 273 g/mol. The molecule has 4 bridgehead atoms. The fraction of sp³-hybridized carbons (Fsp3) is 0.824. The van der Waals surface area contributed by atoms with Crippen LogP contribution < -0.4 is 5.73 Å². The summed E-state index contributed by atoms with van der Waals surface area (Å²) < 4.78 is 2.14. The SMILES string of the molecule is Cc1cc(C)n(CC(N)C23CC4CC(CC(C4)C2)C3)n1. The second kappa shape index (κ2) is 4.33. The molecule has 3 nitrogen and oxygen atoms in total. The second-order valence-corrected chi connectivity index (χ2v) is 8.00. The maximum Gasteiger partial charge on any atom is 0.0596 e. The molecule has 4 aliphatic rings. The molecule has 1 atom stereocenters. The van der Waals surface area contributed by atoms with Crippen molar-refractivity contribution in [2.45, 2.75) is 65.0 Å². The molecule has 0 saturated heterocycles. The molecule has 0 aromatic carbocycles. The Morgan fingerprint density at radius 3 is 2.20 bits per heavy atom. The van der Waals surface area contributed by atoms with Crippen molar-refractivity contribution in [1.82, 2.24) is 9.78 Å².